The molecule has 0 saturated carbocycles. The molecule has 194 valence electrons. The van der Waals surface area contributed by atoms with Crippen LogP contribution in [0.5, 0.6) is 0 Å². The van der Waals surface area contributed by atoms with E-state index in [0.29, 0.717) is 0 Å². The van der Waals surface area contributed by atoms with Gasteiger partial charge in [0.25, 0.3) is 0 Å². The van der Waals surface area contributed by atoms with E-state index in [1.54, 1.807) is 0 Å². The quantitative estimate of drug-likeness (QED) is 0.224. The van der Waals surface area contributed by atoms with Gasteiger partial charge >= 0.3 is 0 Å². The summed E-state index contributed by atoms with van der Waals surface area (Å²) in [4.78, 5) is 0. The second-order valence-corrected chi connectivity index (χ2v) is 12.4. The monoisotopic (exact) mass is 514 g/mol. The summed E-state index contributed by atoms with van der Waals surface area (Å²) in [6, 6.07) is 39.9. The molecule has 2 aliphatic rings. The predicted molar refractivity (Wildman–Crippen MR) is 171 cm³/mol. The van der Waals surface area contributed by atoms with Gasteiger partial charge in [-0.15, -0.1) is 0 Å². The predicted octanol–water partition coefficient (Wildman–Crippen LogP) is 10.4. The average molecular weight is 515 g/mol. The average Bonchev–Trinajstić information content (AvgIpc) is 3.36. The second-order valence-electron chi connectivity index (χ2n) is 12.4. The first kappa shape index (κ1) is 24.6. The fourth-order valence-electron chi connectivity index (χ4n) is 7.10. The molecule has 0 heteroatoms. The number of hydrogen-bond acceptors (Lipinski definition) is 0. The summed E-state index contributed by atoms with van der Waals surface area (Å²) in [6.45, 7) is 18.6. The van der Waals surface area contributed by atoms with Gasteiger partial charge in [-0.1, -0.05) is 138 Å². The molecule has 5 aromatic rings. The Labute approximate surface area is 238 Å². The topological polar surface area (TPSA) is 0 Å². The van der Waals surface area contributed by atoms with Crippen molar-refractivity contribution >= 4 is 11.1 Å². The van der Waals surface area contributed by atoms with Gasteiger partial charge < -0.3 is 0 Å². The Bertz CT molecular complexity index is 1740. The Balaban J connectivity index is 1.27. The minimum atomic E-state index is -0.0415. The largest absolute Gasteiger partial charge is 0.0905 e. The van der Waals surface area contributed by atoms with E-state index in [2.05, 4.69) is 150 Å². The zero-order valence-electron chi connectivity index (χ0n) is 23.8. The van der Waals surface area contributed by atoms with Crippen molar-refractivity contribution in [3.63, 3.8) is 0 Å². The van der Waals surface area contributed by atoms with Crippen molar-refractivity contribution < 1.29 is 0 Å². The van der Waals surface area contributed by atoms with Crippen LogP contribution in [-0.4, -0.2) is 0 Å². The third-order valence-electron chi connectivity index (χ3n) is 9.44. The van der Waals surface area contributed by atoms with Crippen molar-refractivity contribution in [2.75, 3.05) is 0 Å². The van der Waals surface area contributed by atoms with Gasteiger partial charge in [-0.2, -0.15) is 0 Å². The highest BCUT2D eigenvalue weighted by Crippen LogP contribution is 2.51. The Morgan fingerprint density at radius 2 is 0.775 bits per heavy atom. The number of fused-ring (bicyclic) bond motifs is 6. The molecular formula is C40H34. The zero-order chi connectivity index (χ0) is 27.8. The van der Waals surface area contributed by atoms with Crippen LogP contribution >= 0.6 is 0 Å². The van der Waals surface area contributed by atoms with Gasteiger partial charge in [0, 0.05) is 10.8 Å². The summed E-state index contributed by atoms with van der Waals surface area (Å²) in [6.07, 6.45) is 0. The maximum atomic E-state index is 4.62. The van der Waals surface area contributed by atoms with E-state index in [-0.39, 0.29) is 10.8 Å². The lowest BCUT2D eigenvalue weighted by Crippen LogP contribution is -2.15. The molecule has 0 spiro atoms. The van der Waals surface area contributed by atoms with Gasteiger partial charge in [0.2, 0.25) is 0 Å². The summed E-state index contributed by atoms with van der Waals surface area (Å²) in [5.74, 6) is 0. The van der Waals surface area contributed by atoms with Crippen molar-refractivity contribution in [3.8, 4) is 22.3 Å². The first-order valence-electron chi connectivity index (χ1n) is 14.2. The van der Waals surface area contributed by atoms with E-state index in [0.717, 1.165) is 33.4 Å². The van der Waals surface area contributed by atoms with E-state index >= 15 is 0 Å². The van der Waals surface area contributed by atoms with Gasteiger partial charge in [0.15, 0.2) is 0 Å². The van der Waals surface area contributed by atoms with Crippen molar-refractivity contribution in [2.24, 2.45) is 0 Å². The molecule has 0 aliphatic heterocycles. The first-order valence-corrected chi connectivity index (χ1v) is 14.2. The molecule has 0 saturated heterocycles. The SMILES string of the molecule is C=C(c1ccc2c(c1)C(C)(C)c1ccccc1-2)c1ccccc1C(=C)c1ccc2c(c1)C(C)(C)c1ccccc1-2. The van der Waals surface area contributed by atoms with Crippen molar-refractivity contribution in [2.45, 2.75) is 38.5 Å². The summed E-state index contributed by atoms with van der Waals surface area (Å²) in [5, 5.41) is 0. The fraction of sp³-hybridized carbons (Fsp3) is 0.150. The Morgan fingerprint density at radius 1 is 0.425 bits per heavy atom. The third-order valence-corrected chi connectivity index (χ3v) is 9.44. The molecule has 40 heavy (non-hydrogen) atoms. The molecule has 0 nitrogen and oxygen atoms in total. The second kappa shape index (κ2) is 8.54. The smallest absolute Gasteiger partial charge is 0.0159 e. The lowest BCUT2D eigenvalue weighted by Gasteiger charge is -2.23. The van der Waals surface area contributed by atoms with Crippen LogP contribution in [0.2, 0.25) is 0 Å². The van der Waals surface area contributed by atoms with Crippen LogP contribution in [0, 0.1) is 0 Å². The summed E-state index contributed by atoms with van der Waals surface area (Å²) in [5.41, 5.74) is 17.4. The molecule has 2 aliphatic carbocycles. The lowest BCUT2D eigenvalue weighted by atomic mass is 9.80. The van der Waals surface area contributed by atoms with E-state index in [1.807, 2.05) is 0 Å². The van der Waals surface area contributed by atoms with Crippen LogP contribution in [0.3, 0.4) is 0 Å². The summed E-state index contributed by atoms with van der Waals surface area (Å²) in [7, 11) is 0. The highest BCUT2D eigenvalue weighted by molar-refractivity contribution is 5.92. The van der Waals surface area contributed by atoms with Gasteiger partial charge in [-0.25, -0.2) is 0 Å². The van der Waals surface area contributed by atoms with Crippen LogP contribution in [0.1, 0.15) is 72.2 Å². The zero-order valence-corrected chi connectivity index (χ0v) is 23.8. The normalized spacial score (nSPS) is 15.1. The molecule has 0 atom stereocenters. The van der Waals surface area contributed by atoms with Crippen LogP contribution < -0.4 is 0 Å². The summed E-state index contributed by atoms with van der Waals surface area (Å²) < 4.78 is 0. The number of hydrogen-bond donors (Lipinski definition) is 0. The number of benzene rings is 5. The van der Waals surface area contributed by atoms with E-state index < -0.39 is 0 Å². The van der Waals surface area contributed by atoms with Crippen LogP contribution in [0.15, 0.2) is 122 Å². The highest BCUT2D eigenvalue weighted by Gasteiger charge is 2.36. The van der Waals surface area contributed by atoms with E-state index in [9.17, 15) is 0 Å². The Hall–Kier alpha value is -4.42. The molecule has 0 amide bonds. The molecular weight excluding hydrogens is 480 g/mol. The molecule has 0 radical (unpaired) electrons. The molecule has 0 aromatic heterocycles. The van der Waals surface area contributed by atoms with Gasteiger partial charge in [0.05, 0.1) is 0 Å². The van der Waals surface area contributed by atoms with Crippen molar-refractivity contribution in [3.05, 3.63) is 167 Å². The molecule has 7 rings (SSSR count). The summed E-state index contributed by atoms with van der Waals surface area (Å²) >= 11 is 0. The molecule has 0 unspecified atom stereocenters. The lowest BCUT2D eigenvalue weighted by molar-refractivity contribution is 0.660. The van der Waals surface area contributed by atoms with Gasteiger partial charge in [-0.3, -0.25) is 0 Å². The number of rotatable bonds is 4. The highest BCUT2D eigenvalue weighted by atomic mass is 14.4. The minimum absolute atomic E-state index is 0.0415. The van der Waals surface area contributed by atoms with Crippen molar-refractivity contribution in [1.82, 2.24) is 0 Å². The molecule has 0 bridgehead atoms. The van der Waals surface area contributed by atoms with Crippen molar-refractivity contribution in [1.29, 1.82) is 0 Å². The van der Waals surface area contributed by atoms with Crippen LogP contribution in [-0.2, 0) is 10.8 Å². The first-order chi connectivity index (χ1) is 19.2. The van der Waals surface area contributed by atoms with Gasteiger partial charge in [0.1, 0.15) is 0 Å². The fourth-order valence-corrected chi connectivity index (χ4v) is 7.10. The van der Waals surface area contributed by atoms with E-state index in [1.165, 1.54) is 44.5 Å². The van der Waals surface area contributed by atoms with Crippen LogP contribution in [0.4, 0.5) is 0 Å². The molecule has 0 N–H and O–H groups in total. The molecule has 5 aromatic carbocycles. The standard InChI is InChI=1S/C40H34/c1-25(27-19-21-33-31-15-9-11-17-35(31)39(3,4)37(33)23-27)29-13-7-8-14-30(29)26(2)28-20-22-34-32-16-10-12-18-36(32)40(5,6)38(34)24-28/h7-24H,1-2H2,3-6H3. The van der Waals surface area contributed by atoms with E-state index in [4.69, 9.17) is 0 Å². The maximum Gasteiger partial charge on any atom is 0.0159 e. The third kappa shape index (κ3) is 3.39. The Kier molecular flexibility index (Phi) is 5.25. The van der Waals surface area contributed by atoms with Gasteiger partial charge in [-0.05, 0) is 90.0 Å². The van der Waals surface area contributed by atoms with Crippen LogP contribution in [0.25, 0.3) is 33.4 Å². The minimum Gasteiger partial charge on any atom is -0.0905 e. The Morgan fingerprint density at radius 3 is 1.20 bits per heavy atom. The molecule has 0 heterocycles. The maximum absolute atomic E-state index is 4.62. The molecule has 0 fully saturated rings.